The summed E-state index contributed by atoms with van der Waals surface area (Å²) in [6, 6.07) is 0. The molecule has 0 spiro atoms. The monoisotopic (exact) mass is 500 g/mol. The molecule has 5 aliphatic rings. The third-order valence-electron chi connectivity index (χ3n) is 13.9. The van der Waals surface area contributed by atoms with Gasteiger partial charge in [0.25, 0.3) is 0 Å². The van der Waals surface area contributed by atoms with Gasteiger partial charge in [-0.15, -0.1) is 0 Å². The van der Waals surface area contributed by atoms with Gasteiger partial charge in [0.2, 0.25) is 0 Å². The highest BCUT2D eigenvalue weighted by molar-refractivity contribution is 5.66. The van der Waals surface area contributed by atoms with Crippen LogP contribution >= 0.6 is 0 Å². The van der Waals surface area contributed by atoms with Gasteiger partial charge in [-0.1, -0.05) is 41.2 Å². The number of fused-ring (bicyclic) bond motifs is 7. The molecule has 0 unspecified atom stereocenters. The van der Waals surface area contributed by atoms with Crippen LogP contribution in [-0.2, 0) is 9.53 Å². The lowest BCUT2D eigenvalue weighted by molar-refractivity contribution is -0.251. The van der Waals surface area contributed by atoms with Crippen molar-refractivity contribution in [1.82, 2.24) is 0 Å². The van der Waals surface area contributed by atoms with Crippen molar-refractivity contribution in [2.75, 3.05) is 13.2 Å². The number of hydrogen-bond acceptors (Lipinski definition) is 4. The predicted molar refractivity (Wildman–Crippen MR) is 143 cm³/mol. The smallest absolute Gasteiger partial charge is 0.302 e. The van der Waals surface area contributed by atoms with E-state index in [0.29, 0.717) is 29.6 Å². The summed E-state index contributed by atoms with van der Waals surface area (Å²) in [7, 11) is 0. The topological polar surface area (TPSA) is 66.8 Å². The lowest BCUT2D eigenvalue weighted by Crippen LogP contribution is -2.67. The Morgan fingerprint density at radius 2 is 1.58 bits per heavy atom. The Morgan fingerprint density at radius 3 is 2.22 bits per heavy atom. The van der Waals surface area contributed by atoms with Crippen LogP contribution in [0, 0.1) is 56.7 Å². The van der Waals surface area contributed by atoms with E-state index in [-0.39, 0.29) is 52.4 Å². The van der Waals surface area contributed by atoms with Crippen molar-refractivity contribution >= 4 is 5.97 Å². The number of ether oxygens (including phenoxy) is 1. The van der Waals surface area contributed by atoms with E-state index in [1.807, 2.05) is 0 Å². The minimum absolute atomic E-state index is 0.00816. The summed E-state index contributed by atoms with van der Waals surface area (Å²) in [6.45, 7) is 18.8. The molecule has 4 nitrogen and oxygen atoms in total. The molecular weight excluding hydrogens is 448 g/mol. The van der Waals surface area contributed by atoms with E-state index in [1.54, 1.807) is 6.92 Å². The van der Waals surface area contributed by atoms with Gasteiger partial charge >= 0.3 is 5.97 Å². The molecule has 5 rings (SSSR count). The average Bonchev–Trinajstić information content (AvgIpc) is 3.21. The predicted octanol–water partition coefficient (Wildman–Crippen LogP) is 6.54. The normalized spacial score (nSPS) is 51.3. The lowest BCUT2D eigenvalue weighted by Gasteiger charge is -2.73. The Kier molecular flexibility index (Phi) is 6.36. The van der Waals surface area contributed by atoms with Crippen LogP contribution in [0.4, 0.5) is 0 Å². The van der Waals surface area contributed by atoms with Crippen LogP contribution in [0.2, 0.25) is 0 Å². The zero-order valence-electron chi connectivity index (χ0n) is 23.9. The number of rotatable bonds is 4. The zero-order chi connectivity index (χ0) is 26.3. The van der Waals surface area contributed by atoms with E-state index in [0.717, 1.165) is 37.7 Å². The fourth-order valence-corrected chi connectivity index (χ4v) is 12.0. The van der Waals surface area contributed by atoms with Crippen molar-refractivity contribution in [3.05, 3.63) is 12.2 Å². The second-order valence-electron chi connectivity index (χ2n) is 15.1. The van der Waals surface area contributed by atoms with Gasteiger partial charge in [0.15, 0.2) is 0 Å². The van der Waals surface area contributed by atoms with E-state index in [1.165, 1.54) is 32.1 Å². The first kappa shape index (κ1) is 26.7. The molecule has 0 radical (unpaired) electrons. The van der Waals surface area contributed by atoms with Crippen LogP contribution in [0.25, 0.3) is 0 Å². The van der Waals surface area contributed by atoms with Crippen molar-refractivity contribution < 1.29 is 19.7 Å². The van der Waals surface area contributed by atoms with Crippen LogP contribution in [0.5, 0.6) is 0 Å². The largest absolute Gasteiger partial charge is 0.462 e. The van der Waals surface area contributed by atoms with Gasteiger partial charge in [0.05, 0.1) is 6.61 Å². The quantitative estimate of drug-likeness (QED) is 0.340. The van der Waals surface area contributed by atoms with Gasteiger partial charge in [0, 0.05) is 18.9 Å². The van der Waals surface area contributed by atoms with Gasteiger partial charge in [0.1, 0.15) is 6.10 Å². The first-order chi connectivity index (χ1) is 16.8. The second kappa shape index (κ2) is 8.57. The highest BCUT2D eigenvalue weighted by atomic mass is 16.5. The SMILES string of the molecule is C=C(CO)[C@@H]1CC[C@]2(CO)CC[C@]3(C)[C@H](CC[C@@H]4[C@@]5(C)CC[C@@H](OC(C)=O)C(C)(C)[C@@H]5CC[C@]43C)[C@@H]12. The summed E-state index contributed by atoms with van der Waals surface area (Å²) < 4.78 is 5.89. The molecule has 0 aromatic heterocycles. The number of carbonyl (C=O) groups excluding carboxylic acids is 1. The minimum Gasteiger partial charge on any atom is -0.462 e. The van der Waals surface area contributed by atoms with Crippen molar-refractivity contribution in [3.63, 3.8) is 0 Å². The number of hydrogen-bond donors (Lipinski definition) is 2. The van der Waals surface area contributed by atoms with Crippen LogP contribution in [0.1, 0.15) is 106 Å². The summed E-state index contributed by atoms with van der Waals surface area (Å²) in [5, 5.41) is 20.7. The fraction of sp³-hybridized carbons (Fsp3) is 0.906. The Bertz CT molecular complexity index is 910. The van der Waals surface area contributed by atoms with Crippen molar-refractivity contribution in [2.24, 2.45) is 56.7 Å². The van der Waals surface area contributed by atoms with E-state index in [2.05, 4.69) is 41.2 Å². The number of aliphatic hydroxyl groups excluding tert-OH is 2. The molecule has 5 aliphatic carbocycles. The first-order valence-corrected chi connectivity index (χ1v) is 14.9. The Labute approximate surface area is 219 Å². The molecule has 36 heavy (non-hydrogen) atoms. The maximum absolute atomic E-state index is 11.9. The van der Waals surface area contributed by atoms with E-state index < -0.39 is 0 Å². The maximum Gasteiger partial charge on any atom is 0.302 e. The molecule has 0 aromatic rings. The van der Waals surface area contributed by atoms with Gasteiger partial charge in [-0.3, -0.25) is 4.79 Å². The minimum atomic E-state index is -0.143. The van der Waals surface area contributed by atoms with Gasteiger partial charge < -0.3 is 14.9 Å². The summed E-state index contributed by atoms with van der Waals surface area (Å²) in [6.07, 6.45) is 11.5. The van der Waals surface area contributed by atoms with E-state index in [9.17, 15) is 15.0 Å². The molecule has 10 atom stereocenters. The highest BCUT2D eigenvalue weighted by Gasteiger charge is 2.71. The Balaban J connectivity index is 1.50. The van der Waals surface area contributed by atoms with Crippen LogP contribution < -0.4 is 0 Å². The molecule has 0 saturated heterocycles. The van der Waals surface area contributed by atoms with Gasteiger partial charge in [-0.05, 0) is 121 Å². The van der Waals surface area contributed by atoms with Crippen molar-refractivity contribution in [2.45, 2.75) is 112 Å². The molecule has 2 N–H and O–H groups in total. The molecular formula is C32H52O4. The van der Waals surface area contributed by atoms with Crippen molar-refractivity contribution in [1.29, 1.82) is 0 Å². The number of carbonyl (C=O) groups is 1. The molecule has 0 amide bonds. The van der Waals surface area contributed by atoms with E-state index in [4.69, 9.17) is 4.74 Å². The second-order valence-corrected chi connectivity index (χ2v) is 15.1. The van der Waals surface area contributed by atoms with Crippen LogP contribution in [0.3, 0.4) is 0 Å². The van der Waals surface area contributed by atoms with Gasteiger partial charge in [-0.2, -0.15) is 0 Å². The maximum atomic E-state index is 11.9. The summed E-state index contributed by atoms with van der Waals surface area (Å²) >= 11 is 0. The fourth-order valence-electron chi connectivity index (χ4n) is 12.0. The average molecular weight is 501 g/mol. The molecule has 0 heterocycles. The lowest BCUT2D eigenvalue weighted by atomic mass is 9.32. The summed E-state index contributed by atoms with van der Waals surface area (Å²) in [4.78, 5) is 11.9. The Hall–Kier alpha value is -0.870. The highest BCUT2D eigenvalue weighted by Crippen LogP contribution is 2.77. The van der Waals surface area contributed by atoms with E-state index >= 15 is 0 Å². The van der Waals surface area contributed by atoms with Crippen LogP contribution in [0.15, 0.2) is 12.2 Å². The van der Waals surface area contributed by atoms with Gasteiger partial charge in [-0.25, -0.2) is 0 Å². The third-order valence-corrected chi connectivity index (χ3v) is 13.9. The molecule has 204 valence electrons. The standard InChI is InChI=1S/C32H52O4/c1-20(18-33)22-10-15-32(19-34)17-16-30(6)23(27(22)32)8-9-25-29(5)13-12-26(36-21(2)35)28(3,4)24(29)11-14-31(25,30)7/h22-27,33-34H,1,8-19H2,2-7H3/t22-,23+,24-,25+,26+,27+,29-,30+,31+,32+/m0/s1. The van der Waals surface area contributed by atoms with Crippen molar-refractivity contribution in [3.8, 4) is 0 Å². The first-order valence-electron chi connectivity index (χ1n) is 14.9. The Morgan fingerprint density at radius 1 is 0.861 bits per heavy atom. The molecule has 5 saturated carbocycles. The molecule has 0 bridgehead atoms. The molecule has 5 fully saturated rings. The third kappa shape index (κ3) is 3.34. The zero-order valence-corrected chi connectivity index (χ0v) is 23.9. The molecule has 0 aliphatic heterocycles. The summed E-state index contributed by atoms with van der Waals surface area (Å²) in [5.41, 5.74) is 1.76. The molecule has 4 heteroatoms. The number of esters is 1. The summed E-state index contributed by atoms with van der Waals surface area (Å²) in [5.74, 6) is 2.47. The van der Waals surface area contributed by atoms with Crippen LogP contribution in [-0.4, -0.2) is 35.5 Å². The number of aliphatic hydroxyl groups is 2. The molecule has 0 aromatic carbocycles.